The van der Waals surface area contributed by atoms with Crippen LogP contribution < -0.4 is 0 Å². The third-order valence-electron chi connectivity index (χ3n) is 4.86. The van der Waals surface area contributed by atoms with Crippen LogP contribution in [-0.4, -0.2) is 22.8 Å². The van der Waals surface area contributed by atoms with Crippen molar-refractivity contribution in [2.24, 2.45) is 0 Å². The molecule has 0 atom stereocenters. The Labute approximate surface area is 172 Å². The minimum atomic E-state index is -0.832. The Morgan fingerprint density at radius 1 is 0.607 bits per heavy atom. The predicted molar refractivity (Wildman–Crippen MR) is 120 cm³/mol. The molecule has 0 aromatic carbocycles. The van der Waals surface area contributed by atoms with Gasteiger partial charge in [-0.2, -0.15) is 0 Å². The van der Waals surface area contributed by atoms with Crippen LogP contribution in [0.25, 0.3) is 0 Å². The smallest absolute Gasteiger partial charge is 0.330 e. The van der Waals surface area contributed by atoms with Crippen molar-refractivity contribution < 1.29 is 15.0 Å². The molecule has 158 valence electrons. The second-order valence-electron chi connectivity index (χ2n) is 7.73. The molecule has 0 rings (SSSR count). The molecule has 3 heteroatoms. The highest BCUT2D eigenvalue weighted by atomic mass is 16.4. The molecule has 28 heavy (non-hydrogen) atoms. The number of carbonyl (C=O) groups is 1. The number of aliphatic hydroxyl groups excluding tert-OH is 1. The first kappa shape index (κ1) is 26.1. The van der Waals surface area contributed by atoms with E-state index in [9.17, 15) is 4.79 Å². The lowest BCUT2D eigenvalue weighted by molar-refractivity contribution is -0.132. The van der Waals surface area contributed by atoms with Crippen LogP contribution in [0.4, 0.5) is 0 Å². The zero-order valence-corrected chi connectivity index (χ0v) is 18.6. The second-order valence-corrected chi connectivity index (χ2v) is 7.73. The fourth-order valence-electron chi connectivity index (χ4n) is 2.81. The van der Waals surface area contributed by atoms with Gasteiger partial charge in [0.05, 0.1) is 6.61 Å². The van der Waals surface area contributed by atoms with Crippen molar-refractivity contribution in [1.29, 1.82) is 0 Å². The van der Waals surface area contributed by atoms with Gasteiger partial charge in [0.1, 0.15) is 0 Å². The molecule has 3 nitrogen and oxygen atoms in total. The molecule has 0 aliphatic heterocycles. The Bertz CT molecular complexity index is 616. The summed E-state index contributed by atoms with van der Waals surface area (Å²) in [5, 5.41) is 17.7. The summed E-state index contributed by atoms with van der Waals surface area (Å²) in [6, 6.07) is 0. The molecular formula is C25H40O3. The molecule has 0 aromatic heterocycles. The zero-order valence-electron chi connectivity index (χ0n) is 18.6. The van der Waals surface area contributed by atoms with Crippen molar-refractivity contribution >= 4 is 5.97 Å². The Morgan fingerprint density at radius 2 is 0.929 bits per heavy atom. The molecule has 0 aliphatic rings. The van der Waals surface area contributed by atoms with E-state index in [1.807, 2.05) is 6.08 Å². The fourth-order valence-corrected chi connectivity index (χ4v) is 2.81. The molecule has 0 heterocycles. The van der Waals surface area contributed by atoms with Gasteiger partial charge in [-0.1, -0.05) is 52.7 Å². The maximum absolute atomic E-state index is 10.8. The van der Waals surface area contributed by atoms with Crippen LogP contribution in [0.2, 0.25) is 0 Å². The van der Waals surface area contributed by atoms with Gasteiger partial charge in [-0.05, 0) is 86.0 Å². The lowest BCUT2D eigenvalue weighted by atomic mass is 10.0. The summed E-state index contributed by atoms with van der Waals surface area (Å²) in [6.07, 6.45) is 18.7. The van der Waals surface area contributed by atoms with Crippen molar-refractivity contribution in [2.75, 3.05) is 6.61 Å². The summed E-state index contributed by atoms with van der Waals surface area (Å²) in [6.45, 7) is 10.4. The molecule has 0 spiro atoms. The molecule has 0 saturated heterocycles. The molecule has 0 aromatic rings. The van der Waals surface area contributed by atoms with Gasteiger partial charge in [-0.25, -0.2) is 4.79 Å². The van der Waals surface area contributed by atoms with E-state index in [4.69, 9.17) is 10.2 Å². The van der Waals surface area contributed by atoms with Gasteiger partial charge in [0.2, 0.25) is 0 Å². The normalized spacial score (nSPS) is 14.6. The van der Waals surface area contributed by atoms with Crippen LogP contribution in [0.15, 0.2) is 58.2 Å². The highest BCUT2D eigenvalue weighted by molar-refractivity contribution is 5.85. The number of hydrogen-bond acceptors (Lipinski definition) is 2. The summed E-state index contributed by atoms with van der Waals surface area (Å²) >= 11 is 0. The van der Waals surface area contributed by atoms with E-state index >= 15 is 0 Å². The molecule has 0 unspecified atom stereocenters. The molecule has 0 radical (unpaired) electrons. The van der Waals surface area contributed by atoms with E-state index in [2.05, 4.69) is 45.9 Å². The zero-order chi connectivity index (χ0) is 21.4. The average molecular weight is 389 g/mol. The Balaban J connectivity index is 4.10. The van der Waals surface area contributed by atoms with Gasteiger partial charge in [-0.15, -0.1) is 0 Å². The number of carboxylic acids is 1. The molecular weight excluding hydrogens is 348 g/mol. The first-order valence-corrected chi connectivity index (χ1v) is 10.4. The number of rotatable bonds is 14. The van der Waals surface area contributed by atoms with E-state index in [0.29, 0.717) is 5.57 Å². The quantitative estimate of drug-likeness (QED) is 0.251. The summed E-state index contributed by atoms with van der Waals surface area (Å²) < 4.78 is 0. The van der Waals surface area contributed by atoms with Gasteiger partial charge >= 0.3 is 5.97 Å². The number of aliphatic hydroxyl groups is 1. The summed E-state index contributed by atoms with van der Waals surface area (Å²) in [7, 11) is 0. The van der Waals surface area contributed by atoms with Crippen LogP contribution in [0.1, 0.15) is 86.0 Å². The monoisotopic (exact) mass is 388 g/mol. The van der Waals surface area contributed by atoms with Gasteiger partial charge in [0, 0.05) is 5.57 Å². The SMILES string of the molecule is CC(=CCO)CCC=C(C)CCC=C(C)CCC=C(C)CCC=C(C)C(=O)O. The van der Waals surface area contributed by atoms with Crippen molar-refractivity contribution in [3.05, 3.63) is 58.2 Å². The lowest BCUT2D eigenvalue weighted by Gasteiger charge is -2.03. The van der Waals surface area contributed by atoms with Gasteiger partial charge in [0.25, 0.3) is 0 Å². The second kappa shape index (κ2) is 16.1. The summed E-state index contributed by atoms with van der Waals surface area (Å²) in [4.78, 5) is 10.8. The van der Waals surface area contributed by atoms with Crippen LogP contribution in [-0.2, 0) is 4.79 Å². The lowest BCUT2D eigenvalue weighted by Crippen LogP contribution is -1.95. The van der Waals surface area contributed by atoms with Crippen molar-refractivity contribution in [3.63, 3.8) is 0 Å². The maximum Gasteiger partial charge on any atom is 0.330 e. The van der Waals surface area contributed by atoms with Crippen molar-refractivity contribution in [2.45, 2.75) is 86.0 Å². The summed E-state index contributed by atoms with van der Waals surface area (Å²) in [5.74, 6) is -0.832. The highest BCUT2D eigenvalue weighted by Gasteiger charge is 1.98. The molecule has 0 amide bonds. The number of allylic oxidation sites excluding steroid dienone is 8. The minimum Gasteiger partial charge on any atom is -0.478 e. The van der Waals surface area contributed by atoms with Crippen LogP contribution >= 0.6 is 0 Å². The first-order chi connectivity index (χ1) is 13.3. The van der Waals surface area contributed by atoms with Gasteiger partial charge in [-0.3, -0.25) is 0 Å². The molecule has 0 aliphatic carbocycles. The predicted octanol–water partition coefficient (Wildman–Crippen LogP) is 6.92. The average Bonchev–Trinajstić information content (AvgIpc) is 2.61. The molecule has 0 saturated carbocycles. The maximum atomic E-state index is 10.8. The third-order valence-corrected chi connectivity index (χ3v) is 4.86. The van der Waals surface area contributed by atoms with E-state index in [1.54, 1.807) is 13.0 Å². The topological polar surface area (TPSA) is 57.5 Å². The minimum absolute atomic E-state index is 0.134. The van der Waals surface area contributed by atoms with Gasteiger partial charge in [0.15, 0.2) is 0 Å². The van der Waals surface area contributed by atoms with Crippen LogP contribution in [0.5, 0.6) is 0 Å². The first-order valence-electron chi connectivity index (χ1n) is 10.4. The number of hydrogen-bond donors (Lipinski definition) is 2. The van der Waals surface area contributed by atoms with Crippen molar-refractivity contribution in [3.8, 4) is 0 Å². The molecule has 0 fully saturated rings. The van der Waals surface area contributed by atoms with Crippen LogP contribution in [0.3, 0.4) is 0 Å². The van der Waals surface area contributed by atoms with E-state index in [0.717, 1.165) is 51.4 Å². The standard InChI is InChI=1S/C25H40O3/c1-20(10-6-11-21(2)14-8-15-23(4)18-19-26)12-7-13-22(3)16-9-17-24(5)25(27)28/h10,13-14,17-18,26H,6-9,11-12,15-16,19H2,1-5H3,(H,27,28). The fraction of sp³-hybridized carbons (Fsp3) is 0.560. The molecule has 0 bridgehead atoms. The largest absolute Gasteiger partial charge is 0.478 e. The highest BCUT2D eigenvalue weighted by Crippen LogP contribution is 2.14. The number of aliphatic carboxylic acids is 1. The summed E-state index contributed by atoms with van der Waals surface area (Å²) in [5.41, 5.74) is 5.86. The van der Waals surface area contributed by atoms with E-state index < -0.39 is 5.97 Å². The van der Waals surface area contributed by atoms with Gasteiger partial charge < -0.3 is 10.2 Å². The van der Waals surface area contributed by atoms with Crippen molar-refractivity contribution in [1.82, 2.24) is 0 Å². The number of carboxylic acid groups (broad SMARTS) is 1. The Morgan fingerprint density at radius 3 is 1.25 bits per heavy atom. The van der Waals surface area contributed by atoms with E-state index in [1.165, 1.54) is 22.3 Å². The molecule has 2 N–H and O–H groups in total. The Hall–Kier alpha value is -1.87. The third kappa shape index (κ3) is 15.2. The van der Waals surface area contributed by atoms with E-state index in [-0.39, 0.29) is 6.61 Å². The Kier molecular flexibility index (Phi) is 15.0. The van der Waals surface area contributed by atoms with Crippen LogP contribution in [0, 0.1) is 0 Å².